The van der Waals surface area contributed by atoms with Crippen LogP contribution in [0.3, 0.4) is 0 Å². The van der Waals surface area contributed by atoms with Crippen molar-refractivity contribution in [2.75, 3.05) is 0 Å². The van der Waals surface area contributed by atoms with Crippen molar-refractivity contribution >= 4 is 5.97 Å². The van der Waals surface area contributed by atoms with Crippen molar-refractivity contribution in [3.05, 3.63) is 0 Å². The summed E-state index contributed by atoms with van der Waals surface area (Å²) in [5.41, 5.74) is 5.92. The van der Waals surface area contributed by atoms with Crippen molar-refractivity contribution in [2.24, 2.45) is 23.5 Å². The fourth-order valence-electron chi connectivity index (χ4n) is 2.87. The third kappa shape index (κ3) is 5.07. The van der Waals surface area contributed by atoms with Gasteiger partial charge >= 0.3 is 5.97 Å². The second-order valence-electron chi connectivity index (χ2n) is 5.83. The lowest BCUT2D eigenvalue weighted by molar-refractivity contribution is -0.137. The summed E-state index contributed by atoms with van der Waals surface area (Å²) in [7, 11) is 0. The molecule has 0 bridgehead atoms. The van der Waals surface area contributed by atoms with Crippen molar-refractivity contribution in [2.45, 2.75) is 64.8 Å². The van der Waals surface area contributed by atoms with Gasteiger partial charge in [-0.05, 0) is 17.8 Å². The van der Waals surface area contributed by atoms with Gasteiger partial charge in [0, 0.05) is 6.04 Å². The van der Waals surface area contributed by atoms with E-state index in [1.54, 1.807) is 0 Å². The molecular formula is C14H27NO2. The van der Waals surface area contributed by atoms with Gasteiger partial charge in [-0.3, -0.25) is 4.79 Å². The summed E-state index contributed by atoms with van der Waals surface area (Å²) in [5.74, 6) is 0.963. The zero-order valence-corrected chi connectivity index (χ0v) is 11.2. The minimum atomic E-state index is -0.785. The summed E-state index contributed by atoms with van der Waals surface area (Å²) < 4.78 is 0. The van der Waals surface area contributed by atoms with Gasteiger partial charge in [0.1, 0.15) is 0 Å². The third-order valence-electron chi connectivity index (χ3n) is 4.49. The molecule has 0 saturated heterocycles. The van der Waals surface area contributed by atoms with Crippen molar-refractivity contribution in [3.63, 3.8) is 0 Å². The van der Waals surface area contributed by atoms with Crippen LogP contribution in [0.25, 0.3) is 0 Å². The maximum Gasteiger partial charge on any atom is 0.304 e. The number of nitrogens with two attached hydrogens (primary N) is 1. The van der Waals surface area contributed by atoms with Crippen LogP contribution in [0.15, 0.2) is 0 Å². The number of aliphatic carboxylic acids is 1. The largest absolute Gasteiger partial charge is 0.481 e. The van der Waals surface area contributed by atoms with E-state index in [1.807, 2.05) is 0 Å². The maximum atomic E-state index is 10.6. The van der Waals surface area contributed by atoms with Crippen LogP contribution in [0, 0.1) is 17.8 Å². The maximum absolute atomic E-state index is 10.6. The standard InChI is InChI=1S/C14H27NO2/c1-10(7-8-12-5-3-4-6-12)11(2)13(15)9-14(16)17/h10-13H,3-9,15H2,1-2H3,(H,16,17). The first kappa shape index (κ1) is 14.5. The van der Waals surface area contributed by atoms with E-state index < -0.39 is 5.97 Å². The molecule has 100 valence electrons. The van der Waals surface area contributed by atoms with Gasteiger partial charge in [-0.2, -0.15) is 0 Å². The smallest absolute Gasteiger partial charge is 0.304 e. The SMILES string of the molecule is CC(CCC1CCCC1)C(C)C(N)CC(=O)O. The van der Waals surface area contributed by atoms with Crippen LogP contribution in [0.1, 0.15) is 58.8 Å². The summed E-state index contributed by atoms with van der Waals surface area (Å²) >= 11 is 0. The average Bonchev–Trinajstić information content (AvgIpc) is 2.76. The predicted octanol–water partition coefficient (Wildman–Crippen LogP) is 3.03. The molecule has 1 aliphatic rings. The van der Waals surface area contributed by atoms with Crippen LogP contribution in [-0.2, 0) is 4.79 Å². The molecule has 0 aromatic carbocycles. The molecule has 3 nitrogen and oxygen atoms in total. The van der Waals surface area contributed by atoms with Gasteiger partial charge in [-0.15, -0.1) is 0 Å². The molecule has 1 rings (SSSR count). The third-order valence-corrected chi connectivity index (χ3v) is 4.49. The molecule has 3 unspecified atom stereocenters. The highest BCUT2D eigenvalue weighted by Gasteiger charge is 2.23. The number of rotatable bonds is 7. The zero-order valence-electron chi connectivity index (χ0n) is 11.2. The quantitative estimate of drug-likeness (QED) is 0.720. The summed E-state index contributed by atoms with van der Waals surface area (Å²) in [6.45, 7) is 4.30. The van der Waals surface area contributed by atoms with Crippen molar-refractivity contribution in [1.82, 2.24) is 0 Å². The molecule has 0 amide bonds. The lowest BCUT2D eigenvalue weighted by atomic mass is 9.83. The van der Waals surface area contributed by atoms with E-state index in [-0.39, 0.29) is 12.5 Å². The Labute approximate surface area is 105 Å². The molecule has 3 heteroatoms. The summed E-state index contributed by atoms with van der Waals surface area (Å²) in [6.07, 6.45) is 8.16. The molecule has 0 aromatic rings. The first-order chi connectivity index (χ1) is 8.00. The Kier molecular flexibility index (Phi) is 5.96. The van der Waals surface area contributed by atoms with E-state index in [0.717, 1.165) is 5.92 Å². The van der Waals surface area contributed by atoms with E-state index in [1.165, 1.54) is 38.5 Å². The Bertz CT molecular complexity index is 236. The molecule has 1 fully saturated rings. The van der Waals surface area contributed by atoms with Crippen molar-refractivity contribution in [3.8, 4) is 0 Å². The number of carbonyl (C=O) groups is 1. The predicted molar refractivity (Wildman–Crippen MR) is 69.7 cm³/mol. The lowest BCUT2D eigenvalue weighted by Gasteiger charge is -2.26. The number of carboxylic acid groups (broad SMARTS) is 1. The van der Waals surface area contributed by atoms with Crippen LogP contribution in [-0.4, -0.2) is 17.1 Å². The van der Waals surface area contributed by atoms with Crippen LogP contribution < -0.4 is 5.73 Å². The molecule has 0 heterocycles. The molecule has 1 saturated carbocycles. The Morgan fingerprint density at radius 2 is 1.94 bits per heavy atom. The molecule has 1 aliphatic carbocycles. The lowest BCUT2D eigenvalue weighted by Crippen LogP contribution is -2.34. The Morgan fingerprint density at radius 3 is 2.47 bits per heavy atom. The van der Waals surface area contributed by atoms with Crippen LogP contribution in [0.4, 0.5) is 0 Å². The van der Waals surface area contributed by atoms with Gasteiger partial charge in [-0.1, -0.05) is 52.4 Å². The van der Waals surface area contributed by atoms with E-state index in [2.05, 4.69) is 13.8 Å². The highest BCUT2D eigenvalue weighted by Crippen LogP contribution is 2.31. The molecular weight excluding hydrogens is 214 g/mol. The summed E-state index contributed by atoms with van der Waals surface area (Å²) in [6, 6.07) is -0.203. The fourth-order valence-corrected chi connectivity index (χ4v) is 2.87. The molecule has 3 atom stereocenters. The fraction of sp³-hybridized carbons (Fsp3) is 0.929. The number of hydrogen-bond acceptors (Lipinski definition) is 2. The van der Waals surface area contributed by atoms with Gasteiger partial charge in [0.05, 0.1) is 6.42 Å². The van der Waals surface area contributed by atoms with Crippen molar-refractivity contribution in [1.29, 1.82) is 0 Å². The minimum absolute atomic E-state index is 0.0922. The molecule has 0 radical (unpaired) electrons. The Morgan fingerprint density at radius 1 is 1.35 bits per heavy atom. The van der Waals surface area contributed by atoms with E-state index >= 15 is 0 Å². The number of hydrogen-bond donors (Lipinski definition) is 2. The molecule has 0 aromatic heterocycles. The summed E-state index contributed by atoms with van der Waals surface area (Å²) in [5, 5.41) is 8.74. The van der Waals surface area contributed by atoms with E-state index in [9.17, 15) is 4.79 Å². The minimum Gasteiger partial charge on any atom is -0.481 e. The Hall–Kier alpha value is -0.570. The first-order valence-electron chi connectivity index (χ1n) is 6.98. The molecule has 0 aliphatic heterocycles. The highest BCUT2D eigenvalue weighted by molar-refractivity contribution is 5.67. The summed E-state index contributed by atoms with van der Waals surface area (Å²) in [4.78, 5) is 10.6. The number of carboxylic acids is 1. The normalized spacial score (nSPS) is 22.3. The van der Waals surface area contributed by atoms with Crippen LogP contribution >= 0.6 is 0 Å². The average molecular weight is 241 g/mol. The second kappa shape index (κ2) is 7.00. The molecule has 3 N–H and O–H groups in total. The van der Waals surface area contributed by atoms with Crippen LogP contribution in [0.5, 0.6) is 0 Å². The highest BCUT2D eigenvalue weighted by atomic mass is 16.4. The van der Waals surface area contributed by atoms with E-state index in [4.69, 9.17) is 10.8 Å². The van der Waals surface area contributed by atoms with Gasteiger partial charge in [0.15, 0.2) is 0 Å². The van der Waals surface area contributed by atoms with Gasteiger partial charge in [0.2, 0.25) is 0 Å². The van der Waals surface area contributed by atoms with Gasteiger partial charge in [0.25, 0.3) is 0 Å². The first-order valence-corrected chi connectivity index (χ1v) is 6.98. The monoisotopic (exact) mass is 241 g/mol. The van der Waals surface area contributed by atoms with Gasteiger partial charge < -0.3 is 10.8 Å². The van der Waals surface area contributed by atoms with E-state index in [0.29, 0.717) is 11.8 Å². The molecule has 0 spiro atoms. The Balaban J connectivity index is 2.24. The topological polar surface area (TPSA) is 63.3 Å². The molecule has 17 heavy (non-hydrogen) atoms. The van der Waals surface area contributed by atoms with Gasteiger partial charge in [-0.25, -0.2) is 0 Å². The van der Waals surface area contributed by atoms with Crippen molar-refractivity contribution < 1.29 is 9.90 Å². The van der Waals surface area contributed by atoms with Crippen LogP contribution in [0.2, 0.25) is 0 Å². The second-order valence-corrected chi connectivity index (χ2v) is 5.83. The zero-order chi connectivity index (χ0) is 12.8.